The van der Waals surface area contributed by atoms with Gasteiger partial charge >= 0.3 is 0 Å². The number of nitrogens with two attached hydrogens (primary N) is 1. The van der Waals surface area contributed by atoms with Gasteiger partial charge in [0.1, 0.15) is 0 Å². The van der Waals surface area contributed by atoms with Crippen molar-refractivity contribution in [3.8, 4) is 0 Å². The number of aliphatic hydroxyl groups is 1. The summed E-state index contributed by atoms with van der Waals surface area (Å²) < 4.78 is 0. The molecule has 1 aromatic rings. The Labute approximate surface area is 108 Å². The lowest BCUT2D eigenvalue weighted by Crippen LogP contribution is -2.47. The van der Waals surface area contributed by atoms with E-state index in [0.717, 1.165) is 12.0 Å². The molecule has 0 aliphatic rings. The number of hydrogen-bond donors (Lipinski definition) is 2. The van der Waals surface area contributed by atoms with Crippen LogP contribution < -0.4 is 5.73 Å². The number of rotatable bonds is 5. The van der Waals surface area contributed by atoms with Crippen molar-refractivity contribution >= 4 is 5.91 Å². The van der Waals surface area contributed by atoms with E-state index < -0.39 is 5.54 Å². The molecule has 0 heterocycles. The Hall–Kier alpha value is -1.39. The van der Waals surface area contributed by atoms with Crippen LogP contribution in [0.4, 0.5) is 0 Å². The molecule has 0 spiro atoms. The molecule has 1 amide bonds. The van der Waals surface area contributed by atoms with E-state index in [1.807, 2.05) is 32.0 Å². The molecule has 0 radical (unpaired) electrons. The first-order valence-corrected chi connectivity index (χ1v) is 6.10. The Morgan fingerprint density at radius 1 is 1.44 bits per heavy atom. The maximum atomic E-state index is 12.3. The molecule has 0 atom stereocenters. The summed E-state index contributed by atoms with van der Waals surface area (Å²) in [6.07, 6.45) is 0.758. The highest BCUT2D eigenvalue weighted by atomic mass is 16.3. The van der Waals surface area contributed by atoms with Crippen LogP contribution in [0.1, 0.15) is 29.8 Å². The molecule has 18 heavy (non-hydrogen) atoms. The van der Waals surface area contributed by atoms with Crippen molar-refractivity contribution in [1.82, 2.24) is 4.90 Å². The molecule has 0 aliphatic heterocycles. The van der Waals surface area contributed by atoms with E-state index in [4.69, 9.17) is 5.73 Å². The molecule has 0 aromatic heterocycles. The minimum Gasteiger partial charge on any atom is -0.394 e. The topological polar surface area (TPSA) is 66.6 Å². The summed E-state index contributed by atoms with van der Waals surface area (Å²) in [7, 11) is 1.70. The molecule has 4 heteroatoms. The van der Waals surface area contributed by atoms with Gasteiger partial charge in [-0.2, -0.15) is 0 Å². The minimum absolute atomic E-state index is 0.0717. The quantitative estimate of drug-likeness (QED) is 0.820. The highest BCUT2D eigenvalue weighted by Crippen LogP contribution is 2.16. The van der Waals surface area contributed by atoms with Crippen molar-refractivity contribution in [1.29, 1.82) is 0 Å². The molecule has 0 saturated carbocycles. The second-order valence-corrected chi connectivity index (χ2v) is 5.07. The average molecular weight is 250 g/mol. The third kappa shape index (κ3) is 3.31. The highest BCUT2D eigenvalue weighted by molar-refractivity contribution is 5.94. The van der Waals surface area contributed by atoms with Crippen molar-refractivity contribution in [2.75, 3.05) is 20.2 Å². The summed E-state index contributed by atoms with van der Waals surface area (Å²) in [6.45, 7) is 4.15. The number of hydrogen-bond acceptors (Lipinski definition) is 3. The Balaban J connectivity index is 2.93. The van der Waals surface area contributed by atoms with E-state index in [2.05, 4.69) is 0 Å². The Morgan fingerprint density at radius 3 is 2.67 bits per heavy atom. The summed E-state index contributed by atoms with van der Waals surface area (Å²) >= 11 is 0. The van der Waals surface area contributed by atoms with Crippen LogP contribution in [-0.4, -0.2) is 41.7 Å². The smallest absolute Gasteiger partial charge is 0.254 e. The standard InChI is InChI=1S/C14H22N2O2/c1-14(2,10-17)16(3)13(18)12-6-4-5-11(9-12)7-8-15/h4-6,9,17H,7-8,10,15H2,1-3H3. The number of amides is 1. The Bertz CT molecular complexity index is 416. The van der Waals surface area contributed by atoms with Gasteiger partial charge in [0, 0.05) is 12.6 Å². The van der Waals surface area contributed by atoms with Gasteiger partial charge in [-0.1, -0.05) is 12.1 Å². The average Bonchev–Trinajstić information content (AvgIpc) is 2.37. The molecule has 1 aromatic carbocycles. The second kappa shape index (κ2) is 5.98. The van der Waals surface area contributed by atoms with Gasteiger partial charge in [-0.15, -0.1) is 0 Å². The van der Waals surface area contributed by atoms with Crippen LogP contribution in [0, 0.1) is 0 Å². The first-order chi connectivity index (χ1) is 8.42. The van der Waals surface area contributed by atoms with E-state index in [-0.39, 0.29) is 12.5 Å². The van der Waals surface area contributed by atoms with E-state index in [0.29, 0.717) is 12.1 Å². The number of aliphatic hydroxyl groups excluding tert-OH is 1. The van der Waals surface area contributed by atoms with Gasteiger partial charge in [-0.05, 0) is 44.5 Å². The van der Waals surface area contributed by atoms with Crippen molar-refractivity contribution < 1.29 is 9.90 Å². The van der Waals surface area contributed by atoms with Crippen LogP contribution in [0.15, 0.2) is 24.3 Å². The van der Waals surface area contributed by atoms with Crippen LogP contribution in [0.5, 0.6) is 0 Å². The number of likely N-dealkylation sites (N-methyl/N-ethyl adjacent to an activating group) is 1. The van der Waals surface area contributed by atoms with E-state index in [1.165, 1.54) is 0 Å². The zero-order valence-electron chi connectivity index (χ0n) is 11.3. The van der Waals surface area contributed by atoms with Gasteiger partial charge in [0.05, 0.1) is 12.1 Å². The van der Waals surface area contributed by atoms with Gasteiger partial charge in [-0.3, -0.25) is 4.79 Å². The fourth-order valence-corrected chi connectivity index (χ4v) is 1.60. The lowest BCUT2D eigenvalue weighted by Gasteiger charge is -2.34. The minimum atomic E-state index is -0.568. The van der Waals surface area contributed by atoms with Gasteiger partial charge in [-0.25, -0.2) is 0 Å². The largest absolute Gasteiger partial charge is 0.394 e. The molecular weight excluding hydrogens is 228 g/mol. The molecule has 4 nitrogen and oxygen atoms in total. The zero-order valence-corrected chi connectivity index (χ0v) is 11.3. The van der Waals surface area contributed by atoms with Crippen molar-refractivity contribution in [2.24, 2.45) is 5.73 Å². The number of carbonyl (C=O) groups is 1. The number of nitrogens with zero attached hydrogens (tertiary/aromatic N) is 1. The summed E-state index contributed by atoms with van der Waals surface area (Å²) in [4.78, 5) is 13.9. The fourth-order valence-electron chi connectivity index (χ4n) is 1.60. The van der Waals surface area contributed by atoms with Crippen LogP contribution in [0.3, 0.4) is 0 Å². The molecule has 0 saturated heterocycles. The number of carbonyl (C=O) groups excluding carboxylic acids is 1. The molecule has 0 aliphatic carbocycles. The van der Waals surface area contributed by atoms with Gasteiger partial charge in [0.15, 0.2) is 0 Å². The van der Waals surface area contributed by atoms with Crippen molar-refractivity contribution in [3.05, 3.63) is 35.4 Å². The summed E-state index contributed by atoms with van der Waals surface area (Å²) in [6, 6.07) is 7.46. The monoisotopic (exact) mass is 250 g/mol. The van der Waals surface area contributed by atoms with Gasteiger partial charge in [0.25, 0.3) is 5.91 Å². The normalized spacial score (nSPS) is 11.4. The molecule has 0 bridgehead atoms. The SMILES string of the molecule is CN(C(=O)c1cccc(CCN)c1)C(C)(C)CO. The molecule has 100 valence electrons. The van der Waals surface area contributed by atoms with E-state index >= 15 is 0 Å². The summed E-state index contributed by atoms with van der Waals surface area (Å²) in [5.41, 5.74) is 6.62. The van der Waals surface area contributed by atoms with E-state index in [9.17, 15) is 9.90 Å². The first-order valence-electron chi connectivity index (χ1n) is 6.10. The highest BCUT2D eigenvalue weighted by Gasteiger charge is 2.27. The lowest BCUT2D eigenvalue weighted by atomic mass is 10.0. The first kappa shape index (κ1) is 14.7. The van der Waals surface area contributed by atoms with Crippen LogP contribution >= 0.6 is 0 Å². The fraction of sp³-hybridized carbons (Fsp3) is 0.500. The predicted molar refractivity (Wildman–Crippen MR) is 72.5 cm³/mol. The maximum absolute atomic E-state index is 12.3. The molecule has 0 fully saturated rings. The second-order valence-electron chi connectivity index (χ2n) is 5.07. The van der Waals surface area contributed by atoms with Crippen molar-refractivity contribution in [2.45, 2.75) is 25.8 Å². The maximum Gasteiger partial charge on any atom is 0.254 e. The number of benzene rings is 1. The lowest BCUT2D eigenvalue weighted by molar-refractivity contribution is 0.0473. The van der Waals surface area contributed by atoms with Crippen LogP contribution in [0.2, 0.25) is 0 Å². The molecule has 3 N–H and O–H groups in total. The Morgan fingerprint density at radius 2 is 2.11 bits per heavy atom. The van der Waals surface area contributed by atoms with Gasteiger partial charge in [0.2, 0.25) is 0 Å². The zero-order chi connectivity index (χ0) is 13.8. The van der Waals surface area contributed by atoms with E-state index in [1.54, 1.807) is 18.0 Å². The molecular formula is C14H22N2O2. The molecule has 1 rings (SSSR count). The van der Waals surface area contributed by atoms with Crippen molar-refractivity contribution in [3.63, 3.8) is 0 Å². The summed E-state index contributed by atoms with van der Waals surface area (Å²) in [5, 5.41) is 9.29. The molecule has 0 unspecified atom stereocenters. The van der Waals surface area contributed by atoms with Crippen LogP contribution in [-0.2, 0) is 6.42 Å². The predicted octanol–water partition coefficient (Wildman–Crippen LogP) is 1.03. The summed E-state index contributed by atoms with van der Waals surface area (Å²) in [5.74, 6) is -0.0899. The Kier molecular flexibility index (Phi) is 4.87. The van der Waals surface area contributed by atoms with Crippen LogP contribution in [0.25, 0.3) is 0 Å². The van der Waals surface area contributed by atoms with Gasteiger partial charge < -0.3 is 15.7 Å². The third-order valence-corrected chi connectivity index (χ3v) is 3.21. The third-order valence-electron chi connectivity index (χ3n) is 3.21.